The standard InChI is InChI=1S/C15H14ClNO4/c1-20-15(19)13-11-7-6-10(21-11)12(13)14(18)17-9-4-2-8(16)3-5-9/h2-7,10-13H,1H3,(H,17,18)/t10-,11+,12?,13?/m1/s1. The van der Waals surface area contributed by atoms with Gasteiger partial charge in [-0.05, 0) is 24.3 Å². The van der Waals surface area contributed by atoms with E-state index in [4.69, 9.17) is 21.1 Å². The Morgan fingerprint density at radius 2 is 1.76 bits per heavy atom. The minimum absolute atomic E-state index is 0.260. The minimum Gasteiger partial charge on any atom is -0.469 e. The monoisotopic (exact) mass is 307 g/mol. The quantitative estimate of drug-likeness (QED) is 0.685. The van der Waals surface area contributed by atoms with Gasteiger partial charge in [0.25, 0.3) is 0 Å². The average molecular weight is 308 g/mol. The third kappa shape index (κ3) is 2.54. The average Bonchev–Trinajstić information content (AvgIpc) is 3.09. The summed E-state index contributed by atoms with van der Waals surface area (Å²) >= 11 is 5.81. The van der Waals surface area contributed by atoms with Gasteiger partial charge in [0.05, 0.1) is 25.2 Å². The van der Waals surface area contributed by atoms with Gasteiger partial charge in [0.1, 0.15) is 5.92 Å². The van der Waals surface area contributed by atoms with E-state index in [0.29, 0.717) is 10.7 Å². The summed E-state index contributed by atoms with van der Waals surface area (Å²) in [5.74, 6) is -1.87. The van der Waals surface area contributed by atoms with Gasteiger partial charge in [-0.15, -0.1) is 0 Å². The highest BCUT2D eigenvalue weighted by Crippen LogP contribution is 2.40. The van der Waals surface area contributed by atoms with Gasteiger partial charge in [-0.2, -0.15) is 0 Å². The van der Waals surface area contributed by atoms with Crippen LogP contribution in [-0.2, 0) is 19.1 Å². The zero-order valence-electron chi connectivity index (χ0n) is 11.3. The highest BCUT2D eigenvalue weighted by Gasteiger charge is 2.53. The summed E-state index contributed by atoms with van der Waals surface area (Å²) in [4.78, 5) is 24.3. The maximum Gasteiger partial charge on any atom is 0.312 e. The van der Waals surface area contributed by atoms with E-state index in [0.717, 1.165) is 0 Å². The number of esters is 1. The van der Waals surface area contributed by atoms with Gasteiger partial charge < -0.3 is 14.8 Å². The molecule has 1 aromatic rings. The summed E-state index contributed by atoms with van der Waals surface area (Å²) in [6.45, 7) is 0. The predicted molar refractivity (Wildman–Crippen MR) is 76.9 cm³/mol. The number of amides is 1. The van der Waals surface area contributed by atoms with Crippen LogP contribution in [0.25, 0.3) is 0 Å². The zero-order valence-corrected chi connectivity index (χ0v) is 12.0. The summed E-state index contributed by atoms with van der Waals surface area (Å²) < 4.78 is 10.4. The molecule has 2 aliphatic rings. The van der Waals surface area contributed by atoms with Gasteiger partial charge in [-0.1, -0.05) is 23.8 Å². The Balaban J connectivity index is 1.78. The van der Waals surface area contributed by atoms with Gasteiger partial charge in [0, 0.05) is 10.7 Å². The number of benzene rings is 1. The molecule has 1 amide bonds. The highest BCUT2D eigenvalue weighted by atomic mass is 35.5. The first-order chi connectivity index (χ1) is 10.1. The summed E-state index contributed by atoms with van der Waals surface area (Å²) in [5, 5.41) is 3.38. The molecule has 110 valence electrons. The number of ether oxygens (including phenoxy) is 2. The van der Waals surface area contributed by atoms with E-state index in [1.165, 1.54) is 7.11 Å². The maximum absolute atomic E-state index is 12.5. The van der Waals surface area contributed by atoms with E-state index in [9.17, 15) is 9.59 Å². The van der Waals surface area contributed by atoms with E-state index in [1.807, 2.05) is 6.08 Å². The van der Waals surface area contributed by atoms with Crippen molar-refractivity contribution >= 4 is 29.2 Å². The number of rotatable bonds is 3. The molecule has 5 nitrogen and oxygen atoms in total. The third-order valence-electron chi connectivity index (χ3n) is 3.79. The first kappa shape index (κ1) is 14.1. The molecule has 2 unspecified atom stereocenters. The van der Waals surface area contributed by atoms with Crippen molar-refractivity contribution in [3.05, 3.63) is 41.4 Å². The molecule has 0 aliphatic carbocycles. The van der Waals surface area contributed by atoms with E-state index < -0.39 is 17.8 Å². The van der Waals surface area contributed by atoms with Crippen LogP contribution in [-0.4, -0.2) is 31.2 Å². The van der Waals surface area contributed by atoms with Crippen LogP contribution >= 0.6 is 11.6 Å². The van der Waals surface area contributed by atoms with Crippen molar-refractivity contribution in [1.29, 1.82) is 0 Å². The fraction of sp³-hybridized carbons (Fsp3) is 0.333. The van der Waals surface area contributed by atoms with Crippen LogP contribution in [0.4, 0.5) is 5.69 Å². The Bertz CT molecular complexity index is 598. The molecule has 1 saturated heterocycles. The number of anilines is 1. The molecule has 21 heavy (non-hydrogen) atoms. The molecule has 1 N–H and O–H groups in total. The molecule has 0 aromatic heterocycles. The lowest BCUT2D eigenvalue weighted by atomic mass is 9.82. The molecule has 0 saturated carbocycles. The number of methoxy groups -OCH3 is 1. The minimum atomic E-state index is -0.600. The molecule has 1 aromatic carbocycles. The van der Waals surface area contributed by atoms with Crippen LogP contribution in [0.2, 0.25) is 5.02 Å². The molecular weight excluding hydrogens is 294 g/mol. The normalized spacial score (nSPS) is 29.4. The molecule has 6 heteroatoms. The van der Waals surface area contributed by atoms with Crippen LogP contribution in [0.15, 0.2) is 36.4 Å². The lowest BCUT2D eigenvalue weighted by Crippen LogP contribution is -2.39. The fourth-order valence-corrected chi connectivity index (χ4v) is 2.92. The van der Waals surface area contributed by atoms with Crippen molar-refractivity contribution in [2.24, 2.45) is 11.8 Å². The number of carbonyl (C=O) groups excluding carboxylic acids is 2. The molecule has 4 atom stereocenters. The van der Waals surface area contributed by atoms with Crippen molar-refractivity contribution in [1.82, 2.24) is 0 Å². The van der Waals surface area contributed by atoms with Crippen LogP contribution in [0.5, 0.6) is 0 Å². The largest absolute Gasteiger partial charge is 0.469 e. The molecule has 0 radical (unpaired) electrons. The highest BCUT2D eigenvalue weighted by molar-refractivity contribution is 6.30. The molecular formula is C15H14ClNO4. The second-order valence-electron chi connectivity index (χ2n) is 5.02. The Labute approximate surface area is 126 Å². The van der Waals surface area contributed by atoms with Gasteiger partial charge in [0.2, 0.25) is 5.91 Å². The summed E-state index contributed by atoms with van der Waals surface area (Å²) in [7, 11) is 1.31. The number of fused-ring (bicyclic) bond motifs is 2. The number of hydrogen-bond donors (Lipinski definition) is 1. The van der Waals surface area contributed by atoms with Crippen molar-refractivity contribution in [3.63, 3.8) is 0 Å². The molecule has 3 rings (SSSR count). The molecule has 0 spiro atoms. The van der Waals surface area contributed by atoms with Crippen LogP contribution in [0, 0.1) is 11.8 Å². The van der Waals surface area contributed by atoms with Gasteiger partial charge >= 0.3 is 5.97 Å². The lowest BCUT2D eigenvalue weighted by Gasteiger charge is -2.22. The second-order valence-corrected chi connectivity index (χ2v) is 5.46. The first-order valence-corrected chi connectivity index (χ1v) is 6.96. The topological polar surface area (TPSA) is 64.6 Å². The second kappa shape index (κ2) is 5.50. The van der Waals surface area contributed by atoms with E-state index in [-0.39, 0.29) is 18.1 Å². The summed E-state index contributed by atoms with van der Waals surface area (Å²) in [6, 6.07) is 6.78. The summed E-state index contributed by atoms with van der Waals surface area (Å²) in [5.41, 5.74) is 0.625. The maximum atomic E-state index is 12.5. The van der Waals surface area contributed by atoms with Crippen LogP contribution < -0.4 is 5.32 Å². The smallest absolute Gasteiger partial charge is 0.312 e. The molecule has 2 bridgehead atoms. The van der Waals surface area contributed by atoms with Crippen molar-refractivity contribution in [2.45, 2.75) is 12.2 Å². The Morgan fingerprint density at radius 1 is 1.14 bits per heavy atom. The van der Waals surface area contributed by atoms with E-state index in [1.54, 1.807) is 30.3 Å². The van der Waals surface area contributed by atoms with Crippen LogP contribution in [0.1, 0.15) is 0 Å². The number of carbonyl (C=O) groups is 2. The molecule has 2 heterocycles. The van der Waals surface area contributed by atoms with Crippen molar-refractivity contribution in [3.8, 4) is 0 Å². The number of halogens is 1. The third-order valence-corrected chi connectivity index (χ3v) is 4.04. The Morgan fingerprint density at radius 3 is 2.38 bits per heavy atom. The van der Waals surface area contributed by atoms with Gasteiger partial charge in [-0.3, -0.25) is 9.59 Å². The van der Waals surface area contributed by atoms with Crippen molar-refractivity contribution < 1.29 is 19.1 Å². The fourth-order valence-electron chi connectivity index (χ4n) is 2.80. The predicted octanol–water partition coefficient (Wildman–Crippen LogP) is 2.02. The number of nitrogens with one attached hydrogen (secondary N) is 1. The Hall–Kier alpha value is -1.85. The van der Waals surface area contributed by atoms with E-state index in [2.05, 4.69) is 5.32 Å². The van der Waals surface area contributed by atoms with Crippen LogP contribution in [0.3, 0.4) is 0 Å². The summed E-state index contributed by atoms with van der Waals surface area (Å²) in [6.07, 6.45) is 2.85. The first-order valence-electron chi connectivity index (χ1n) is 6.58. The van der Waals surface area contributed by atoms with Gasteiger partial charge in [-0.25, -0.2) is 0 Å². The Kier molecular flexibility index (Phi) is 3.69. The SMILES string of the molecule is COC(=O)C1C(C(=O)Nc2ccc(Cl)cc2)[C@H]2C=C[C@@H]1O2. The lowest BCUT2D eigenvalue weighted by molar-refractivity contribution is -0.149. The molecule has 2 aliphatic heterocycles. The number of hydrogen-bond acceptors (Lipinski definition) is 4. The van der Waals surface area contributed by atoms with E-state index >= 15 is 0 Å². The molecule has 1 fully saturated rings. The zero-order chi connectivity index (χ0) is 15.0. The van der Waals surface area contributed by atoms with Gasteiger partial charge in [0.15, 0.2) is 0 Å². The van der Waals surface area contributed by atoms with Crippen molar-refractivity contribution in [2.75, 3.05) is 12.4 Å².